The molecular weight excluding hydrogens is 521 g/mol. The van der Waals surface area contributed by atoms with Gasteiger partial charge in [0.05, 0.1) is 37.0 Å². The van der Waals surface area contributed by atoms with E-state index in [1.54, 1.807) is 0 Å². The molecule has 3 heteroatoms. The van der Waals surface area contributed by atoms with Gasteiger partial charge in [-0.1, -0.05) is 41.5 Å². The summed E-state index contributed by atoms with van der Waals surface area (Å²) in [7, 11) is 0.275. The van der Waals surface area contributed by atoms with E-state index in [0.717, 1.165) is 0 Å². The SMILES string of the molecule is CC[PH+](CC)CC.CC[PH+](CC)CC.[CH2-]C(C)(C)C.[CH2-]C(C)(C)C.[Pt+2]. The van der Waals surface area contributed by atoms with Gasteiger partial charge in [-0.3, -0.25) is 0 Å². The first-order chi connectivity index (χ1) is 10.7. The number of rotatable bonds is 6. The van der Waals surface area contributed by atoms with Crippen LogP contribution in [0.3, 0.4) is 0 Å². The van der Waals surface area contributed by atoms with Crippen LogP contribution in [-0.2, 0) is 21.1 Å². The van der Waals surface area contributed by atoms with Gasteiger partial charge in [-0.25, -0.2) is 0 Å². The van der Waals surface area contributed by atoms with Crippen LogP contribution in [0.4, 0.5) is 0 Å². The zero-order valence-electron chi connectivity index (χ0n) is 20.0. The quantitative estimate of drug-likeness (QED) is 0.221. The van der Waals surface area contributed by atoms with Crippen LogP contribution in [0.1, 0.15) is 83.1 Å². The van der Waals surface area contributed by atoms with Crippen LogP contribution in [-0.4, -0.2) is 37.0 Å². The van der Waals surface area contributed by atoms with Crippen LogP contribution < -0.4 is 0 Å². The Balaban J connectivity index is -0.0000000711. The Hall–Kier alpha value is 1.55. The average Bonchev–Trinajstić information content (AvgIpc) is 2.40. The molecule has 0 fully saturated rings. The van der Waals surface area contributed by atoms with E-state index >= 15 is 0 Å². The van der Waals surface area contributed by atoms with E-state index in [1.807, 2.05) is 0 Å². The Morgan fingerprint density at radius 3 is 0.560 bits per heavy atom. The topological polar surface area (TPSA) is 0 Å². The summed E-state index contributed by atoms with van der Waals surface area (Å²) in [5, 5.41) is 0. The second-order valence-corrected chi connectivity index (χ2v) is 16.0. The van der Waals surface area contributed by atoms with Gasteiger partial charge in [0.15, 0.2) is 0 Å². The molecule has 0 spiro atoms. The predicted octanol–water partition coefficient (Wildman–Crippen LogP) is 8.25. The van der Waals surface area contributed by atoms with Gasteiger partial charge in [0.25, 0.3) is 0 Å². The van der Waals surface area contributed by atoms with Crippen molar-refractivity contribution in [2.45, 2.75) is 83.1 Å². The van der Waals surface area contributed by atoms with Crippen LogP contribution in [0, 0.1) is 24.7 Å². The van der Waals surface area contributed by atoms with Gasteiger partial charge in [-0.2, -0.15) is 10.8 Å². The fraction of sp³-hybridized carbons (Fsp3) is 0.909. The van der Waals surface area contributed by atoms with E-state index in [1.165, 1.54) is 37.0 Å². The summed E-state index contributed by atoms with van der Waals surface area (Å²) in [6.07, 6.45) is 8.74. The van der Waals surface area contributed by atoms with Gasteiger partial charge in [-0.05, 0) is 57.4 Å². The molecule has 0 amide bonds. The smallest absolute Gasteiger partial charge is 0.338 e. The third kappa shape index (κ3) is 77.2. The second kappa shape index (κ2) is 23.6. The van der Waals surface area contributed by atoms with Crippen LogP contribution >= 0.6 is 15.8 Å². The molecule has 160 valence electrons. The summed E-state index contributed by atoms with van der Waals surface area (Å²) >= 11 is 0. The van der Waals surface area contributed by atoms with Gasteiger partial charge < -0.3 is 13.8 Å². The van der Waals surface area contributed by atoms with Crippen molar-refractivity contribution in [3.63, 3.8) is 0 Å². The Morgan fingerprint density at radius 1 is 0.480 bits per heavy atom. The molecule has 0 aromatic heterocycles. The molecule has 0 bridgehead atoms. The summed E-state index contributed by atoms with van der Waals surface area (Å²) in [4.78, 5) is 0. The van der Waals surface area contributed by atoms with E-state index in [-0.39, 0.29) is 47.7 Å². The van der Waals surface area contributed by atoms with Gasteiger partial charge in [0.1, 0.15) is 0 Å². The Labute approximate surface area is 181 Å². The van der Waals surface area contributed by atoms with Crippen LogP contribution in [0.2, 0.25) is 0 Å². The summed E-state index contributed by atoms with van der Waals surface area (Å²) in [6.45, 7) is 33.8. The molecule has 0 rings (SSSR count). The summed E-state index contributed by atoms with van der Waals surface area (Å²) in [5.41, 5.74) is 0.500. The van der Waals surface area contributed by atoms with Crippen LogP contribution in [0.25, 0.3) is 0 Å². The molecule has 0 atom stereocenters. The Kier molecular flexibility index (Phi) is 35.2. The van der Waals surface area contributed by atoms with Crippen LogP contribution in [0.15, 0.2) is 0 Å². The summed E-state index contributed by atoms with van der Waals surface area (Å²) in [6, 6.07) is 0. The van der Waals surface area contributed by atoms with Crippen molar-refractivity contribution in [2.24, 2.45) is 10.8 Å². The van der Waals surface area contributed by atoms with E-state index in [9.17, 15) is 0 Å². The first kappa shape index (κ1) is 37.3. The van der Waals surface area contributed by atoms with Crippen LogP contribution in [0.5, 0.6) is 0 Å². The molecular formula is C22H54P2Pt+2. The third-order valence-corrected chi connectivity index (χ3v) is 9.00. The van der Waals surface area contributed by atoms with Crippen molar-refractivity contribution in [1.82, 2.24) is 0 Å². The van der Waals surface area contributed by atoms with Crippen molar-refractivity contribution in [2.75, 3.05) is 37.0 Å². The molecule has 0 saturated heterocycles. The normalized spacial score (nSPS) is 10.6. The van der Waals surface area contributed by atoms with E-state index in [0.29, 0.717) is 0 Å². The third-order valence-electron chi connectivity index (χ3n) is 3.00. The molecule has 0 saturated carbocycles. The van der Waals surface area contributed by atoms with Crippen molar-refractivity contribution in [3.8, 4) is 0 Å². The molecule has 0 aliphatic heterocycles. The Bertz CT molecular complexity index is 162. The first-order valence-electron chi connectivity index (χ1n) is 10.1. The maximum atomic E-state index is 3.77. The largest absolute Gasteiger partial charge is 2.00 e. The average molecular weight is 576 g/mol. The number of hydrogen-bond acceptors (Lipinski definition) is 0. The van der Waals surface area contributed by atoms with Crippen molar-refractivity contribution in [1.29, 1.82) is 0 Å². The van der Waals surface area contributed by atoms with Gasteiger partial charge in [0.2, 0.25) is 0 Å². The van der Waals surface area contributed by atoms with Crippen molar-refractivity contribution in [3.05, 3.63) is 13.8 Å². The Morgan fingerprint density at radius 2 is 0.560 bits per heavy atom. The van der Waals surface area contributed by atoms with Crippen molar-refractivity contribution < 1.29 is 21.1 Å². The maximum Gasteiger partial charge on any atom is 2.00 e. The molecule has 0 unspecified atom stereocenters. The second-order valence-electron chi connectivity index (χ2n) is 8.74. The minimum Gasteiger partial charge on any atom is -0.338 e. The predicted molar refractivity (Wildman–Crippen MR) is 130 cm³/mol. The monoisotopic (exact) mass is 575 g/mol. The van der Waals surface area contributed by atoms with E-state index in [4.69, 9.17) is 0 Å². The standard InChI is InChI=1S/2C6H15P.2C5H11.Pt/c2*1-4-7(5-2)6-3;2*1-5(2,3)4;/h2*4-6H2,1-3H3;2*1H2,2-4H3;/q;;2*-1;+2/p+2. The minimum atomic E-state index is 0. The van der Waals surface area contributed by atoms with Gasteiger partial charge >= 0.3 is 21.1 Å². The minimum absolute atomic E-state index is 0. The molecule has 0 N–H and O–H groups in total. The molecule has 0 radical (unpaired) electrons. The first-order valence-corrected chi connectivity index (χ1v) is 14.3. The molecule has 0 heterocycles. The van der Waals surface area contributed by atoms with Gasteiger partial charge in [-0.15, -0.1) is 0 Å². The molecule has 0 nitrogen and oxygen atoms in total. The molecule has 0 aliphatic carbocycles. The zero-order chi connectivity index (χ0) is 20.4. The molecule has 25 heavy (non-hydrogen) atoms. The molecule has 0 aromatic carbocycles. The fourth-order valence-electron chi connectivity index (χ4n) is 1.50. The van der Waals surface area contributed by atoms with Crippen molar-refractivity contribution >= 4 is 15.8 Å². The van der Waals surface area contributed by atoms with Gasteiger partial charge in [0, 0.05) is 0 Å². The molecule has 0 aromatic rings. The molecule has 0 aliphatic rings. The fourth-order valence-corrected chi connectivity index (χ4v) is 4.50. The number of hydrogen-bond donors (Lipinski definition) is 0. The summed E-state index contributed by atoms with van der Waals surface area (Å²) in [5.74, 6) is 0. The summed E-state index contributed by atoms with van der Waals surface area (Å²) < 4.78 is 0. The zero-order valence-corrected chi connectivity index (χ0v) is 24.2. The maximum absolute atomic E-state index is 3.77. The van der Waals surface area contributed by atoms with E-state index in [2.05, 4.69) is 96.9 Å². The van der Waals surface area contributed by atoms with E-state index < -0.39 is 0 Å².